The second kappa shape index (κ2) is 9.83. The normalized spacial score (nSPS) is 11.3. The molecule has 0 saturated carbocycles. The Labute approximate surface area is 148 Å². The molecule has 0 bridgehead atoms. The first kappa shape index (κ1) is 18.1. The highest BCUT2D eigenvalue weighted by molar-refractivity contribution is 6.30. The number of ether oxygens (including phenoxy) is 1. The van der Waals surface area contributed by atoms with Crippen molar-refractivity contribution in [2.45, 2.75) is 26.2 Å². The highest BCUT2D eigenvalue weighted by atomic mass is 35.5. The van der Waals surface area contributed by atoms with E-state index in [0.717, 1.165) is 42.3 Å². The van der Waals surface area contributed by atoms with Gasteiger partial charge in [0.1, 0.15) is 5.75 Å². The zero-order chi connectivity index (χ0) is 17.2. The van der Waals surface area contributed by atoms with Gasteiger partial charge in [-0.15, -0.1) is 0 Å². The second-order valence-corrected chi connectivity index (χ2v) is 5.93. The van der Waals surface area contributed by atoms with E-state index in [1.165, 1.54) is 5.56 Å². The number of nitrogens with two attached hydrogens (primary N) is 1. The minimum Gasteiger partial charge on any atom is -0.494 e. The molecule has 0 heterocycles. The summed E-state index contributed by atoms with van der Waals surface area (Å²) in [5.74, 6) is 1.27. The average Bonchev–Trinajstić information content (AvgIpc) is 2.58. The lowest BCUT2D eigenvalue weighted by atomic mass is 10.1. The fourth-order valence-electron chi connectivity index (χ4n) is 2.11. The summed E-state index contributed by atoms with van der Waals surface area (Å²) in [6.07, 6.45) is 3.01. The lowest BCUT2D eigenvalue weighted by molar-refractivity contribution is 0.309. The van der Waals surface area contributed by atoms with Crippen molar-refractivity contribution in [2.75, 3.05) is 18.5 Å². The van der Waals surface area contributed by atoms with Crippen molar-refractivity contribution >= 4 is 23.2 Å². The van der Waals surface area contributed by atoms with E-state index >= 15 is 0 Å². The maximum atomic E-state index is 5.92. The molecular formula is C19H24ClN3O. The average molecular weight is 346 g/mol. The van der Waals surface area contributed by atoms with E-state index in [4.69, 9.17) is 22.1 Å². The Balaban J connectivity index is 1.78. The van der Waals surface area contributed by atoms with Crippen molar-refractivity contribution in [1.82, 2.24) is 0 Å². The molecule has 0 atom stereocenters. The van der Waals surface area contributed by atoms with Crippen molar-refractivity contribution < 1.29 is 4.74 Å². The molecule has 2 aromatic rings. The van der Waals surface area contributed by atoms with Crippen LogP contribution in [-0.2, 0) is 6.42 Å². The number of nitrogens with one attached hydrogen (secondary N) is 1. The Morgan fingerprint density at radius 1 is 1.12 bits per heavy atom. The first-order valence-corrected chi connectivity index (χ1v) is 8.59. The Bertz CT molecular complexity index is 639. The van der Waals surface area contributed by atoms with Crippen LogP contribution in [-0.4, -0.2) is 19.1 Å². The van der Waals surface area contributed by atoms with Gasteiger partial charge in [-0.2, -0.15) is 0 Å². The number of halogens is 1. The molecule has 5 heteroatoms. The van der Waals surface area contributed by atoms with Crippen LogP contribution in [0.25, 0.3) is 0 Å². The van der Waals surface area contributed by atoms with E-state index in [9.17, 15) is 0 Å². The number of anilines is 1. The van der Waals surface area contributed by atoms with Crippen molar-refractivity contribution in [3.63, 3.8) is 0 Å². The molecule has 0 aliphatic heterocycles. The lowest BCUT2D eigenvalue weighted by Gasteiger charge is -2.08. The highest BCUT2D eigenvalue weighted by Gasteiger charge is 1.98. The summed E-state index contributed by atoms with van der Waals surface area (Å²) in [4.78, 5) is 4.34. The third-order valence-electron chi connectivity index (χ3n) is 3.49. The van der Waals surface area contributed by atoms with E-state index in [-0.39, 0.29) is 0 Å². The van der Waals surface area contributed by atoms with Crippen molar-refractivity contribution in [1.29, 1.82) is 0 Å². The van der Waals surface area contributed by atoms with Crippen LogP contribution in [0.5, 0.6) is 5.75 Å². The van der Waals surface area contributed by atoms with E-state index in [0.29, 0.717) is 12.5 Å². The van der Waals surface area contributed by atoms with Gasteiger partial charge in [-0.1, -0.05) is 37.1 Å². The summed E-state index contributed by atoms with van der Waals surface area (Å²) in [5, 5.41) is 3.82. The maximum absolute atomic E-state index is 5.92. The molecule has 2 aromatic carbocycles. The Hall–Kier alpha value is -2.20. The standard InChI is InChI=1S/C19H24ClN3O/c1-2-3-14-24-18-10-8-17(9-11-18)23-19(21)22-13-12-15-4-6-16(20)7-5-15/h4-11H,2-3,12-14H2,1H3,(H3,21,22,23). The van der Waals surface area contributed by atoms with Crippen LogP contribution in [0.1, 0.15) is 25.3 Å². The summed E-state index contributed by atoms with van der Waals surface area (Å²) >= 11 is 5.87. The van der Waals surface area contributed by atoms with E-state index < -0.39 is 0 Å². The molecular weight excluding hydrogens is 322 g/mol. The number of rotatable bonds is 8. The maximum Gasteiger partial charge on any atom is 0.193 e. The van der Waals surface area contributed by atoms with Crippen LogP contribution in [0.4, 0.5) is 5.69 Å². The molecule has 0 aliphatic rings. The van der Waals surface area contributed by atoms with Gasteiger partial charge in [0.15, 0.2) is 5.96 Å². The predicted molar refractivity (Wildman–Crippen MR) is 102 cm³/mol. The zero-order valence-corrected chi connectivity index (χ0v) is 14.7. The zero-order valence-electron chi connectivity index (χ0n) is 14.0. The van der Waals surface area contributed by atoms with Crippen molar-refractivity contribution in [2.24, 2.45) is 10.7 Å². The fourth-order valence-corrected chi connectivity index (χ4v) is 2.24. The number of hydrogen-bond acceptors (Lipinski definition) is 2. The molecule has 0 amide bonds. The van der Waals surface area contributed by atoms with E-state index in [1.54, 1.807) is 0 Å². The van der Waals surface area contributed by atoms with Crippen LogP contribution in [0.2, 0.25) is 5.02 Å². The summed E-state index contributed by atoms with van der Waals surface area (Å²) in [6.45, 7) is 3.52. The van der Waals surface area contributed by atoms with E-state index in [2.05, 4.69) is 17.2 Å². The highest BCUT2D eigenvalue weighted by Crippen LogP contribution is 2.16. The molecule has 0 radical (unpaired) electrons. The van der Waals surface area contributed by atoms with Gasteiger partial charge in [0.2, 0.25) is 0 Å². The molecule has 24 heavy (non-hydrogen) atoms. The first-order chi connectivity index (χ1) is 11.7. The molecule has 128 valence electrons. The van der Waals surface area contributed by atoms with E-state index in [1.807, 2.05) is 48.5 Å². The third-order valence-corrected chi connectivity index (χ3v) is 3.74. The van der Waals surface area contributed by atoms with Crippen molar-refractivity contribution in [3.05, 3.63) is 59.1 Å². The smallest absolute Gasteiger partial charge is 0.193 e. The van der Waals surface area contributed by atoms with Gasteiger partial charge in [-0.3, -0.25) is 4.99 Å². The number of guanidine groups is 1. The number of nitrogens with zero attached hydrogens (tertiary/aromatic N) is 1. The SMILES string of the molecule is CCCCOc1ccc(NC(N)=NCCc2ccc(Cl)cc2)cc1. The predicted octanol–water partition coefficient (Wildman–Crippen LogP) is 4.49. The molecule has 0 saturated heterocycles. The Morgan fingerprint density at radius 3 is 2.50 bits per heavy atom. The summed E-state index contributed by atoms with van der Waals surface area (Å²) in [5.41, 5.74) is 8.00. The quantitative estimate of drug-likeness (QED) is 0.421. The largest absolute Gasteiger partial charge is 0.494 e. The Morgan fingerprint density at radius 2 is 1.83 bits per heavy atom. The molecule has 0 unspecified atom stereocenters. The van der Waals surface area contributed by atoms with Crippen LogP contribution >= 0.6 is 11.6 Å². The number of benzene rings is 2. The van der Waals surface area contributed by atoms with Crippen molar-refractivity contribution in [3.8, 4) is 5.75 Å². The number of aliphatic imine (C=N–C) groups is 1. The minimum absolute atomic E-state index is 0.406. The second-order valence-electron chi connectivity index (χ2n) is 5.49. The Kier molecular flexibility index (Phi) is 7.43. The summed E-state index contributed by atoms with van der Waals surface area (Å²) in [6, 6.07) is 15.5. The molecule has 3 N–H and O–H groups in total. The molecule has 0 aromatic heterocycles. The topological polar surface area (TPSA) is 59.6 Å². The fraction of sp³-hybridized carbons (Fsp3) is 0.316. The van der Waals surface area contributed by atoms with Gasteiger partial charge in [-0.05, 0) is 54.8 Å². The van der Waals surface area contributed by atoms with Gasteiger partial charge in [-0.25, -0.2) is 0 Å². The summed E-state index contributed by atoms with van der Waals surface area (Å²) in [7, 11) is 0. The molecule has 0 fully saturated rings. The third kappa shape index (κ3) is 6.50. The number of hydrogen-bond donors (Lipinski definition) is 2. The summed E-state index contributed by atoms with van der Waals surface area (Å²) < 4.78 is 5.63. The van der Waals surface area contributed by atoms with Gasteiger partial charge in [0, 0.05) is 17.3 Å². The monoisotopic (exact) mass is 345 g/mol. The first-order valence-electron chi connectivity index (χ1n) is 8.21. The van der Waals surface area contributed by atoms with Gasteiger partial charge in [0.05, 0.1) is 6.61 Å². The molecule has 0 aliphatic carbocycles. The molecule has 2 rings (SSSR count). The van der Waals surface area contributed by atoms with Crippen LogP contribution in [0.15, 0.2) is 53.5 Å². The van der Waals surface area contributed by atoms with Crippen LogP contribution < -0.4 is 15.8 Å². The molecule has 4 nitrogen and oxygen atoms in total. The lowest BCUT2D eigenvalue weighted by Crippen LogP contribution is -2.23. The minimum atomic E-state index is 0.406. The van der Waals surface area contributed by atoms with Crippen LogP contribution in [0, 0.1) is 0 Å². The van der Waals surface area contributed by atoms with Gasteiger partial charge in [0.25, 0.3) is 0 Å². The van der Waals surface area contributed by atoms with Crippen LogP contribution in [0.3, 0.4) is 0 Å². The molecule has 0 spiro atoms. The van der Waals surface area contributed by atoms with Gasteiger partial charge >= 0.3 is 0 Å². The van der Waals surface area contributed by atoms with Gasteiger partial charge < -0.3 is 15.8 Å². The number of unbranched alkanes of at least 4 members (excludes halogenated alkanes) is 1.